The summed E-state index contributed by atoms with van der Waals surface area (Å²) in [5, 5.41) is 9.85. The molecule has 0 aromatic carbocycles. The van der Waals surface area contributed by atoms with E-state index in [0.717, 1.165) is 44.9 Å². The molecule has 3 heteroatoms. The fourth-order valence-corrected chi connectivity index (χ4v) is 5.48. The second-order valence-corrected chi connectivity index (χ2v) is 8.05. The average Bonchev–Trinajstić information content (AvgIpc) is 2.99. The standard InChI is InChI=1S/C20H28O3/c1-14-5-8-17-19(2,10-4-11-20(17,3)18(21)22)16(14)7-6-15-9-12-23-13-15/h9,12-13,16-17H,1,4-8,10-11H2,2-3H3,(H,21,22)/t16-,17?,19+,20-/m1/s1. The third kappa shape index (κ3) is 2.64. The molecule has 0 radical (unpaired) electrons. The quantitative estimate of drug-likeness (QED) is 0.788. The Balaban J connectivity index is 1.86. The van der Waals surface area contributed by atoms with E-state index in [4.69, 9.17) is 4.42 Å². The van der Waals surface area contributed by atoms with E-state index in [1.165, 1.54) is 11.1 Å². The van der Waals surface area contributed by atoms with Crippen LogP contribution in [0.1, 0.15) is 57.9 Å². The second-order valence-electron chi connectivity index (χ2n) is 8.05. The molecule has 126 valence electrons. The van der Waals surface area contributed by atoms with Crippen LogP contribution in [-0.2, 0) is 11.2 Å². The zero-order valence-electron chi connectivity index (χ0n) is 14.3. The number of rotatable bonds is 4. The molecule has 0 saturated heterocycles. The summed E-state index contributed by atoms with van der Waals surface area (Å²) in [6.45, 7) is 8.65. The summed E-state index contributed by atoms with van der Waals surface area (Å²) in [6.07, 6.45) is 10.4. The van der Waals surface area contributed by atoms with Gasteiger partial charge in [0, 0.05) is 0 Å². The van der Waals surface area contributed by atoms with Crippen molar-refractivity contribution in [1.82, 2.24) is 0 Å². The molecule has 4 atom stereocenters. The SMILES string of the molecule is C=C1CCC2[C@](C)(C(=O)O)CCC[C@@]2(C)[C@@H]1CCc1ccoc1. The largest absolute Gasteiger partial charge is 0.481 e. The molecule has 2 saturated carbocycles. The summed E-state index contributed by atoms with van der Waals surface area (Å²) in [5.74, 6) is 0.0470. The highest BCUT2D eigenvalue weighted by Gasteiger charge is 2.57. The Hall–Kier alpha value is -1.51. The van der Waals surface area contributed by atoms with Crippen molar-refractivity contribution in [2.75, 3.05) is 0 Å². The summed E-state index contributed by atoms with van der Waals surface area (Å²) < 4.78 is 5.18. The van der Waals surface area contributed by atoms with Gasteiger partial charge < -0.3 is 9.52 Å². The lowest BCUT2D eigenvalue weighted by Gasteiger charge is -2.57. The van der Waals surface area contributed by atoms with E-state index in [-0.39, 0.29) is 11.3 Å². The summed E-state index contributed by atoms with van der Waals surface area (Å²) in [6, 6.07) is 2.02. The van der Waals surface area contributed by atoms with Crippen molar-refractivity contribution >= 4 is 5.97 Å². The molecule has 3 rings (SSSR count). The zero-order valence-corrected chi connectivity index (χ0v) is 14.3. The highest BCUT2D eigenvalue weighted by molar-refractivity contribution is 5.75. The van der Waals surface area contributed by atoms with Crippen LogP contribution in [0.15, 0.2) is 35.2 Å². The van der Waals surface area contributed by atoms with E-state index >= 15 is 0 Å². The number of carboxylic acid groups (broad SMARTS) is 1. The molecule has 0 amide bonds. The van der Waals surface area contributed by atoms with Crippen molar-refractivity contribution < 1.29 is 14.3 Å². The molecule has 1 heterocycles. The van der Waals surface area contributed by atoms with Crippen LogP contribution in [-0.4, -0.2) is 11.1 Å². The molecule has 1 N–H and O–H groups in total. The van der Waals surface area contributed by atoms with Crippen LogP contribution in [0, 0.1) is 22.7 Å². The van der Waals surface area contributed by atoms with E-state index in [1.54, 1.807) is 6.26 Å². The van der Waals surface area contributed by atoms with Gasteiger partial charge in [-0.1, -0.05) is 25.5 Å². The van der Waals surface area contributed by atoms with Gasteiger partial charge in [0.15, 0.2) is 0 Å². The zero-order chi connectivity index (χ0) is 16.7. The summed E-state index contributed by atoms with van der Waals surface area (Å²) in [7, 11) is 0. The number of hydrogen-bond acceptors (Lipinski definition) is 2. The highest BCUT2D eigenvalue weighted by atomic mass is 16.4. The van der Waals surface area contributed by atoms with Crippen LogP contribution in [0.25, 0.3) is 0 Å². The van der Waals surface area contributed by atoms with Crippen molar-refractivity contribution in [3.05, 3.63) is 36.3 Å². The normalized spacial score (nSPS) is 37.4. The first-order valence-electron chi connectivity index (χ1n) is 8.80. The van der Waals surface area contributed by atoms with Crippen molar-refractivity contribution in [2.45, 2.75) is 58.8 Å². The minimum Gasteiger partial charge on any atom is -0.481 e. The minimum atomic E-state index is -0.616. The van der Waals surface area contributed by atoms with E-state index in [2.05, 4.69) is 13.5 Å². The Morgan fingerprint density at radius 3 is 2.87 bits per heavy atom. The maximum atomic E-state index is 12.0. The molecule has 23 heavy (non-hydrogen) atoms. The molecule has 2 aliphatic carbocycles. The van der Waals surface area contributed by atoms with E-state index in [9.17, 15) is 9.90 Å². The van der Waals surface area contributed by atoms with Gasteiger partial charge in [-0.25, -0.2) is 0 Å². The molecular formula is C20H28O3. The Labute approximate surface area is 138 Å². The molecule has 1 aromatic heterocycles. The lowest BCUT2D eigenvalue weighted by molar-refractivity contribution is -0.164. The molecule has 1 unspecified atom stereocenters. The molecule has 3 nitrogen and oxygen atoms in total. The van der Waals surface area contributed by atoms with Gasteiger partial charge >= 0.3 is 5.97 Å². The number of furan rings is 1. The number of fused-ring (bicyclic) bond motifs is 1. The predicted octanol–water partition coefficient (Wildman–Crippen LogP) is 5.08. The van der Waals surface area contributed by atoms with E-state index in [0.29, 0.717) is 5.92 Å². The lowest BCUT2D eigenvalue weighted by Crippen LogP contribution is -2.53. The Kier molecular flexibility index (Phi) is 4.16. The van der Waals surface area contributed by atoms with Gasteiger partial charge in [-0.15, -0.1) is 0 Å². The fraction of sp³-hybridized carbons (Fsp3) is 0.650. The first-order valence-corrected chi connectivity index (χ1v) is 8.80. The maximum Gasteiger partial charge on any atom is 0.309 e. The first-order chi connectivity index (χ1) is 10.9. The van der Waals surface area contributed by atoms with E-state index in [1.807, 2.05) is 19.3 Å². The molecule has 0 spiro atoms. The Morgan fingerprint density at radius 1 is 1.43 bits per heavy atom. The smallest absolute Gasteiger partial charge is 0.309 e. The van der Waals surface area contributed by atoms with Crippen LogP contribution in [0.3, 0.4) is 0 Å². The van der Waals surface area contributed by atoms with Crippen LogP contribution >= 0.6 is 0 Å². The number of carbonyl (C=O) groups is 1. The summed E-state index contributed by atoms with van der Waals surface area (Å²) in [5.41, 5.74) is 2.02. The Bertz CT molecular complexity index is 588. The summed E-state index contributed by atoms with van der Waals surface area (Å²) in [4.78, 5) is 12.0. The van der Waals surface area contributed by atoms with Crippen LogP contribution in [0.2, 0.25) is 0 Å². The topological polar surface area (TPSA) is 50.4 Å². The third-order valence-corrected chi connectivity index (χ3v) is 6.81. The second kappa shape index (κ2) is 5.85. The number of carboxylic acids is 1. The number of aryl methyl sites for hydroxylation is 1. The van der Waals surface area contributed by atoms with Crippen LogP contribution in [0.5, 0.6) is 0 Å². The van der Waals surface area contributed by atoms with Crippen LogP contribution in [0.4, 0.5) is 0 Å². The first kappa shape index (κ1) is 16.4. The van der Waals surface area contributed by atoms with Gasteiger partial charge in [0.05, 0.1) is 17.9 Å². The molecule has 0 bridgehead atoms. The summed E-state index contributed by atoms with van der Waals surface area (Å²) >= 11 is 0. The van der Waals surface area contributed by atoms with Crippen molar-refractivity contribution in [1.29, 1.82) is 0 Å². The van der Waals surface area contributed by atoms with Gasteiger partial charge in [-0.2, -0.15) is 0 Å². The molecule has 2 fully saturated rings. The lowest BCUT2D eigenvalue weighted by atomic mass is 9.46. The molecular weight excluding hydrogens is 288 g/mol. The van der Waals surface area contributed by atoms with Gasteiger partial charge in [0.2, 0.25) is 0 Å². The molecule has 2 aliphatic rings. The third-order valence-electron chi connectivity index (χ3n) is 6.81. The van der Waals surface area contributed by atoms with Gasteiger partial charge in [-0.05, 0) is 74.3 Å². The predicted molar refractivity (Wildman–Crippen MR) is 90.1 cm³/mol. The highest BCUT2D eigenvalue weighted by Crippen LogP contribution is 2.61. The Morgan fingerprint density at radius 2 is 2.22 bits per heavy atom. The molecule has 1 aromatic rings. The number of allylic oxidation sites excluding steroid dienone is 1. The van der Waals surface area contributed by atoms with Crippen LogP contribution < -0.4 is 0 Å². The van der Waals surface area contributed by atoms with Gasteiger partial charge in [0.25, 0.3) is 0 Å². The van der Waals surface area contributed by atoms with Crippen molar-refractivity contribution in [2.24, 2.45) is 22.7 Å². The van der Waals surface area contributed by atoms with E-state index < -0.39 is 11.4 Å². The monoisotopic (exact) mass is 316 g/mol. The fourth-order valence-electron chi connectivity index (χ4n) is 5.48. The number of aliphatic carboxylic acids is 1. The minimum absolute atomic E-state index is 0.0600. The van der Waals surface area contributed by atoms with Crippen molar-refractivity contribution in [3.8, 4) is 0 Å². The maximum absolute atomic E-state index is 12.0. The van der Waals surface area contributed by atoms with Crippen molar-refractivity contribution in [3.63, 3.8) is 0 Å². The average molecular weight is 316 g/mol. The van der Waals surface area contributed by atoms with Gasteiger partial charge in [0.1, 0.15) is 0 Å². The van der Waals surface area contributed by atoms with Gasteiger partial charge in [-0.3, -0.25) is 4.79 Å². The number of hydrogen-bond donors (Lipinski definition) is 1. The molecule has 0 aliphatic heterocycles.